The second kappa shape index (κ2) is 6.38. The molecule has 0 bridgehead atoms. The van der Waals surface area contributed by atoms with Crippen LogP contribution in [0.2, 0.25) is 5.02 Å². The van der Waals surface area contributed by atoms with Crippen molar-refractivity contribution in [3.8, 4) is 0 Å². The summed E-state index contributed by atoms with van der Waals surface area (Å²) in [5.74, 6) is 0. The summed E-state index contributed by atoms with van der Waals surface area (Å²) in [6, 6.07) is 4.84. The van der Waals surface area contributed by atoms with Gasteiger partial charge in [-0.05, 0) is 18.1 Å². The van der Waals surface area contributed by atoms with Crippen LogP contribution in [0.25, 0.3) is 0 Å². The first-order chi connectivity index (χ1) is 6.65. The summed E-state index contributed by atoms with van der Waals surface area (Å²) in [4.78, 5) is 9.94. The summed E-state index contributed by atoms with van der Waals surface area (Å²) >= 11 is 5.61. The molecule has 0 fully saturated rings. The van der Waals surface area contributed by atoms with Crippen molar-refractivity contribution in [2.45, 2.75) is 27.2 Å². The van der Waals surface area contributed by atoms with Gasteiger partial charge in [-0.15, -0.1) is 0 Å². The minimum atomic E-state index is -0.471. The molecule has 0 heterocycles. The fraction of sp³-hybridized carbons (Fsp3) is 0.400. The zero-order valence-electron chi connectivity index (χ0n) is 8.58. The van der Waals surface area contributed by atoms with Crippen molar-refractivity contribution in [2.75, 3.05) is 0 Å². The normalized spacial score (nSPS) is 8.86. The van der Waals surface area contributed by atoms with Crippen LogP contribution in [0.4, 0.5) is 5.69 Å². The van der Waals surface area contributed by atoms with Gasteiger partial charge < -0.3 is 0 Å². The molecule has 0 saturated carbocycles. The van der Waals surface area contributed by atoms with Crippen molar-refractivity contribution in [1.82, 2.24) is 0 Å². The minimum Gasteiger partial charge on any atom is -0.258 e. The lowest BCUT2D eigenvalue weighted by atomic mass is 10.1. The average molecular weight is 216 g/mol. The molecule has 0 atom stereocenters. The van der Waals surface area contributed by atoms with Crippen LogP contribution in [0.15, 0.2) is 18.2 Å². The van der Waals surface area contributed by atoms with E-state index < -0.39 is 4.92 Å². The molecular weight excluding hydrogens is 202 g/mol. The number of halogens is 1. The molecule has 0 aliphatic rings. The fourth-order valence-corrected chi connectivity index (χ4v) is 1.10. The smallest absolute Gasteiger partial charge is 0.258 e. The maximum Gasteiger partial charge on any atom is 0.288 e. The highest BCUT2D eigenvalue weighted by molar-refractivity contribution is 6.32. The number of nitro benzene ring substituents is 1. The Balaban J connectivity index is 0.000000791. The van der Waals surface area contributed by atoms with Crippen molar-refractivity contribution in [2.24, 2.45) is 0 Å². The summed E-state index contributed by atoms with van der Waals surface area (Å²) in [5.41, 5.74) is 0.905. The van der Waals surface area contributed by atoms with E-state index in [-0.39, 0.29) is 10.7 Å². The van der Waals surface area contributed by atoms with Gasteiger partial charge in [-0.1, -0.05) is 38.4 Å². The van der Waals surface area contributed by atoms with Crippen LogP contribution < -0.4 is 0 Å². The lowest BCUT2D eigenvalue weighted by Gasteiger charge is -1.97. The van der Waals surface area contributed by atoms with Crippen LogP contribution in [-0.4, -0.2) is 4.92 Å². The topological polar surface area (TPSA) is 43.1 Å². The summed E-state index contributed by atoms with van der Waals surface area (Å²) in [6.45, 7) is 5.94. The molecule has 0 aromatic heterocycles. The van der Waals surface area contributed by atoms with Crippen molar-refractivity contribution >= 4 is 17.3 Å². The predicted molar refractivity (Wildman–Crippen MR) is 58.8 cm³/mol. The Kier molecular flexibility index (Phi) is 5.88. The zero-order chi connectivity index (χ0) is 11.1. The van der Waals surface area contributed by atoms with Crippen molar-refractivity contribution in [1.29, 1.82) is 0 Å². The number of hydrogen-bond donors (Lipinski definition) is 0. The Morgan fingerprint density at radius 3 is 2.43 bits per heavy atom. The molecule has 0 N–H and O–H groups in total. The molecular formula is C10H14ClNO2. The van der Waals surface area contributed by atoms with E-state index >= 15 is 0 Å². The number of nitro groups is 1. The van der Waals surface area contributed by atoms with Gasteiger partial charge >= 0.3 is 0 Å². The van der Waals surface area contributed by atoms with E-state index in [0.29, 0.717) is 0 Å². The zero-order valence-corrected chi connectivity index (χ0v) is 9.34. The predicted octanol–water partition coefficient (Wildman–Crippen LogP) is 3.84. The van der Waals surface area contributed by atoms with Crippen LogP contribution in [0.1, 0.15) is 26.3 Å². The summed E-state index contributed by atoms with van der Waals surface area (Å²) in [7, 11) is 0. The Labute approximate surface area is 88.9 Å². The molecule has 0 spiro atoms. The van der Waals surface area contributed by atoms with Gasteiger partial charge in [0.1, 0.15) is 5.02 Å². The maximum absolute atomic E-state index is 10.4. The first-order valence-corrected chi connectivity index (χ1v) is 4.95. The average Bonchev–Trinajstić information content (AvgIpc) is 2.21. The third-order valence-corrected chi connectivity index (χ3v) is 1.94. The van der Waals surface area contributed by atoms with Crippen LogP contribution in [-0.2, 0) is 6.42 Å². The highest BCUT2D eigenvalue weighted by Gasteiger charge is 2.11. The number of hydrogen-bond acceptors (Lipinski definition) is 2. The van der Waals surface area contributed by atoms with Gasteiger partial charge in [0.05, 0.1) is 4.92 Å². The summed E-state index contributed by atoms with van der Waals surface area (Å²) < 4.78 is 0. The molecule has 1 aromatic carbocycles. The van der Waals surface area contributed by atoms with E-state index in [9.17, 15) is 10.1 Å². The van der Waals surface area contributed by atoms with Crippen molar-refractivity contribution < 1.29 is 4.92 Å². The molecule has 1 rings (SSSR count). The van der Waals surface area contributed by atoms with Crippen LogP contribution in [0, 0.1) is 10.1 Å². The van der Waals surface area contributed by atoms with E-state index in [1.165, 1.54) is 6.07 Å². The largest absolute Gasteiger partial charge is 0.288 e. The lowest BCUT2D eigenvalue weighted by Crippen LogP contribution is -1.90. The second-order valence-corrected chi connectivity index (χ2v) is 2.80. The molecule has 14 heavy (non-hydrogen) atoms. The molecule has 1 aromatic rings. The van der Waals surface area contributed by atoms with E-state index in [1.807, 2.05) is 20.8 Å². The van der Waals surface area contributed by atoms with Crippen molar-refractivity contribution in [3.05, 3.63) is 38.9 Å². The minimum absolute atomic E-state index is 0.0176. The Morgan fingerprint density at radius 1 is 1.43 bits per heavy atom. The third-order valence-electron chi connectivity index (χ3n) is 1.62. The van der Waals surface area contributed by atoms with E-state index in [1.54, 1.807) is 12.1 Å². The van der Waals surface area contributed by atoms with Crippen molar-refractivity contribution in [3.63, 3.8) is 0 Å². The highest BCUT2D eigenvalue weighted by atomic mass is 35.5. The monoisotopic (exact) mass is 215 g/mol. The number of rotatable bonds is 2. The van der Waals surface area contributed by atoms with E-state index in [4.69, 9.17) is 11.6 Å². The van der Waals surface area contributed by atoms with Gasteiger partial charge in [0.2, 0.25) is 0 Å². The van der Waals surface area contributed by atoms with Gasteiger partial charge in [-0.25, -0.2) is 0 Å². The molecule has 4 heteroatoms. The summed E-state index contributed by atoms with van der Waals surface area (Å²) in [5, 5.41) is 10.6. The van der Waals surface area contributed by atoms with Crippen LogP contribution in [0.3, 0.4) is 0 Å². The molecule has 0 radical (unpaired) electrons. The Bertz CT molecular complexity index is 313. The van der Waals surface area contributed by atoms with Gasteiger partial charge in [-0.3, -0.25) is 10.1 Å². The molecule has 0 unspecified atom stereocenters. The number of aryl methyl sites for hydroxylation is 1. The van der Waals surface area contributed by atoms with E-state index in [0.717, 1.165) is 12.0 Å². The SMILES string of the molecule is CC.CCc1ccc(Cl)c([N+](=O)[O-])c1. The van der Waals surface area contributed by atoms with Gasteiger partial charge in [-0.2, -0.15) is 0 Å². The summed E-state index contributed by atoms with van der Waals surface area (Å²) in [6.07, 6.45) is 0.776. The Hall–Kier alpha value is -1.09. The molecule has 0 amide bonds. The molecule has 3 nitrogen and oxygen atoms in total. The highest BCUT2D eigenvalue weighted by Crippen LogP contribution is 2.24. The first-order valence-electron chi connectivity index (χ1n) is 4.58. The van der Waals surface area contributed by atoms with Gasteiger partial charge in [0, 0.05) is 6.07 Å². The maximum atomic E-state index is 10.4. The third kappa shape index (κ3) is 3.34. The number of benzene rings is 1. The van der Waals surface area contributed by atoms with Gasteiger partial charge in [0.25, 0.3) is 5.69 Å². The molecule has 0 aliphatic heterocycles. The molecule has 78 valence electrons. The standard InChI is InChI=1S/C8H8ClNO2.C2H6/c1-2-6-3-4-7(9)8(5-6)10(11)12;1-2/h3-5H,2H2,1H3;1-2H3. The number of nitrogens with zero attached hydrogens (tertiary/aromatic N) is 1. The van der Waals surface area contributed by atoms with Gasteiger partial charge in [0.15, 0.2) is 0 Å². The van der Waals surface area contributed by atoms with Crippen LogP contribution in [0.5, 0.6) is 0 Å². The quantitative estimate of drug-likeness (QED) is 0.556. The molecule has 0 aliphatic carbocycles. The first kappa shape index (κ1) is 12.9. The van der Waals surface area contributed by atoms with E-state index in [2.05, 4.69) is 0 Å². The Morgan fingerprint density at radius 2 is 2.00 bits per heavy atom. The molecule has 0 saturated heterocycles. The fourth-order valence-electron chi connectivity index (χ4n) is 0.918. The lowest BCUT2D eigenvalue weighted by molar-refractivity contribution is -0.384. The van der Waals surface area contributed by atoms with Crippen LogP contribution >= 0.6 is 11.6 Å². The second-order valence-electron chi connectivity index (χ2n) is 2.40.